The highest BCUT2D eigenvalue weighted by Gasteiger charge is 2.13. The molecule has 0 unspecified atom stereocenters. The maximum Gasteiger partial charge on any atom is 0.281 e. The van der Waals surface area contributed by atoms with Crippen molar-refractivity contribution in [1.29, 1.82) is 0 Å². The van der Waals surface area contributed by atoms with E-state index in [-0.39, 0.29) is 0 Å². The van der Waals surface area contributed by atoms with Gasteiger partial charge in [-0.25, -0.2) is 0 Å². The quantitative estimate of drug-likeness (QED) is 0.904. The summed E-state index contributed by atoms with van der Waals surface area (Å²) >= 11 is 1.38. The Hall–Kier alpha value is -1.33. The van der Waals surface area contributed by atoms with Crippen molar-refractivity contribution in [2.75, 3.05) is 0 Å². The molecule has 0 fully saturated rings. The van der Waals surface area contributed by atoms with Crippen LogP contribution in [0.25, 0.3) is 0 Å². The van der Waals surface area contributed by atoms with Crippen LogP contribution in [0.4, 0.5) is 0 Å². The number of aromatic nitrogens is 2. The van der Waals surface area contributed by atoms with E-state index in [1.165, 1.54) is 11.8 Å². The van der Waals surface area contributed by atoms with Crippen LogP contribution in [-0.2, 0) is 0 Å². The van der Waals surface area contributed by atoms with E-state index >= 15 is 0 Å². The molecule has 0 aliphatic rings. The topological polar surface area (TPSA) is 59.2 Å². The Balaban J connectivity index is 2.26. The molecule has 1 aromatic heterocycles. The zero-order valence-electron chi connectivity index (χ0n) is 9.75. The number of nitrogens with zero attached hydrogens (tertiary/aromatic N) is 2. The number of hydrogen-bond acceptors (Lipinski definition) is 5. The van der Waals surface area contributed by atoms with E-state index in [1.54, 1.807) is 6.92 Å². The van der Waals surface area contributed by atoms with Gasteiger partial charge >= 0.3 is 0 Å². The van der Waals surface area contributed by atoms with E-state index in [9.17, 15) is 5.11 Å². The molecule has 90 valence electrons. The lowest BCUT2D eigenvalue weighted by Gasteiger charge is -2.11. The lowest BCUT2D eigenvalue weighted by molar-refractivity contribution is 0.171. The van der Waals surface area contributed by atoms with Crippen molar-refractivity contribution in [3.63, 3.8) is 0 Å². The number of rotatable bonds is 4. The molecule has 0 bridgehead atoms. The summed E-state index contributed by atoms with van der Waals surface area (Å²) in [7, 11) is 0. The fraction of sp³-hybridized carbons (Fsp3) is 0.333. The first-order valence-electron chi connectivity index (χ1n) is 5.45. The molecule has 1 atom stereocenters. The van der Waals surface area contributed by atoms with Gasteiger partial charge in [0, 0.05) is 11.8 Å². The van der Waals surface area contributed by atoms with Crippen molar-refractivity contribution in [1.82, 2.24) is 10.2 Å². The molecule has 2 rings (SSSR count). The minimum atomic E-state index is -0.456. The van der Waals surface area contributed by atoms with Crippen LogP contribution < -0.4 is 0 Å². The first-order valence-corrected chi connectivity index (χ1v) is 6.27. The summed E-state index contributed by atoms with van der Waals surface area (Å²) < 4.78 is 5.31. The van der Waals surface area contributed by atoms with Crippen LogP contribution in [0.3, 0.4) is 0 Å². The lowest BCUT2D eigenvalue weighted by Crippen LogP contribution is -1.97. The molecule has 2 aromatic rings. The van der Waals surface area contributed by atoms with Crippen LogP contribution in [0.2, 0.25) is 0 Å². The third-order valence-electron chi connectivity index (χ3n) is 2.37. The second kappa shape index (κ2) is 5.33. The summed E-state index contributed by atoms with van der Waals surface area (Å²) in [5.41, 5.74) is 0.899. The molecule has 5 heteroatoms. The minimum absolute atomic E-state index is 0.456. The molecule has 4 nitrogen and oxygen atoms in total. The normalized spacial score (nSPS) is 12.6. The summed E-state index contributed by atoms with van der Waals surface area (Å²) in [4.78, 5) is 0.950. The summed E-state index contributed by atoms with van der Waals surface area (Å²) in [6.45, 7) is 3.70. The molecule has 0 radical (unpaired) electrons. The van der Waals surface area contributed by atoms with Crippen LogP contribution in [0.1, 0.15) is 30.9 Å². The first-order chi connectivity index (χ1) is 8.20. The van der Waals surface area contributed by atoms with Gasteiger partial charge in [0.15, 0.2) is 0 Å². The van der Waals surface area contributed by atoms with Gasteiger partial charge in [0.25, 0.3) is 5.22 Å². The van der Waals surface area contributed by atoms with Crippen molar-refractivity contribution >= 4 is 11.8 Å². The molecular formula is C12H14N2O2S. The molecule has 0 saturated heterocycles. The Morgan fingerprint density at radius 3 is 2.76 bits per heavy atom. The average molecular weight is 250 g/mol. The SMILES string of the molecule is CC[C@@H](O)c1ccccc1Sc1nnc(C)o1. The second-order valence-electron chi connectivity index (χ2n) is 3.65. The lowest BCUT2D eigenvalue weighted by atomic mass is 10.1. The molecule has 17 heavy (non-hydrogen) atoms. The number of aliphatic hydroxyl groups excluding tert-OH is 1. The van der Waals surface area contributed by atoms with E-state index in [0.29, 0.717) is 17.5 Å². The van der Waals surface area contributed by atoms with Crippen LogP contribution in [0, 0.1) is 6.92 Å². The van der Waals surface area contributed by atoms with Crippen LogP contribution in [0.5, 0.6) is 0 Å². The third kappa shape index (κ3) is 2.87. The van der Waals surface area contributed by atoms with E-state index in [0.717, 1.165) is 10.5 Å². The van der Waals surface area contributed by atoms with E-state index in [1.807, 2.05) is 31.2 Å². The third-order valence-corrected chi connectivity index (χ3v) is 3.30. The number of benzene rings is 1. The Labute approximate surface area is 104 Å². The van der Waals surface area contributed by atoms with E-state index < -0.39 is 6.10 Å². The Morgan fingerprint density at radius 2 is 2.12 bits per heavy atom. The summed E-state index contributed by atoms with van der Waals surface area (Å²) in [6.07, 6.45) is 0.225. The van der Waals surface area contributed by atoms with Crippen LogP contribution in [-0.4, -0.2) is 15.3 Å². The Kier molecular flexibility index (Phi) is 3.81. The number of aryl methyl sites for hydroxylation is 1. The van der Waals surface area contributed by atoms with Gasteiger partial charge in [0.05, 0.1) is 6.10 Å². The van der Waals surface area contributed by atoms with Gasteiger partial charge < -0.3 is 9.52 Å². The van der Waals surface area contributed by atoms with Gasteiger partial charge in [-0.2, -0.15) is 0 Å². The van der Waals surface area contributed by atoms with Crippen molar-refractivity contribution < 1.29 is 9.52 Å². The van der Waals surface area contributed by atoms with E-state index in [2.05, 4.69) is 10.2 Å². The largest absolute Gasteiger partial charge is 0.416 e. The molecule has 1 aromatic carbocycles. The van der Waals surface area contributed by atoms with Gasteiger partial charge in [-0.1, -0.05) is 25.1 Å². The van der Waals surface area contributed by atoms with Crippen molar-refractivity contribution in [3.05, 3.63) is 35.7 Å². The average Bonchev–Trinajstić information content (AvgIpc) is 2.74. The molecule has 1 N–H and O–H groups in total. The first kappa shape index (κ1) is 12.1. The molecule has 0 spiro atoms. The highest BCUT2D eigenvalue weighted by atomic mass is 32.2. The number of hydrogen-bond donors (Lipinski definition) is 1. The summed E-state index contributed by atoms with van der Waals surface area (Å²) in [5.74, 6) is 0.543. The van der Waals surface area contributed by atoms with Gasteiger partial charge in [0.1, 0.15) is 0 Å². The van der Waals surface area contributed by atoms with Crippen molar-refractivity contribution in [2.45, 2.75) is 36.5 Å². The maximum atomic E-state index is 9.91. The zero-order chi connectivity index (χ0) is 12.3. The predicted molar refractivity (Wildman–Crippen MR) is 64.9 cm³/mol. The molecule has 1 heterocycles. The fourth-order valence-electron chi connectivity index (χ4n) is 1.48. The zero-order valence-corrected chi connectivity index (χ0v) is 10.6. The molecule has 0 amide bonds. The molecule has 0 aliphatic carbocycles. The minimum Gasteiger partial charge on any atom is -0.416 e. The molecule has 0 aliphatic heterocycles. The van der Waals surface area contributed by atoms with Crippen molar-refractivity contribution in [3.8, 4) is 0 Å². The maximum absolute atomic E-state index is 9.91. The Morgan fingerprint density at radius 1 is 1.35 bits per heavy atom. The van der Waals surface area contributed by atoms with Gasteiger partial charge in [-0.3, -0.25) is 0 Å². The molecule has 0 saturated carbocycles. The second-order valence-corrected chi connectivity index (χ2v) is 4.64. The standard InChI is InChI=1S/C12H14N2O2S/c1-3-10(15)9-6-4-5-7-11(9)17-12-14-13-8(2)16-12/h4-7,10,15H,3H2,1-2H3/t10-/m1/s1. The highest BCUT2D eigenvalue weighted by molar-refractivity contribution is 7.99. The van der Waals surface area contributed by atoms with E-state index in [4.69, 9.17) is 4.42 Å². The monoisotopic (exact) mass is 250 g/mol. The van der Waals surface area contributed by atoms with Gasteiger partial charge in [0.2, 0.25) is 5.89 Å². The van der Waals surface area contributed by atoms with Crippen LogP contribution >= 0.6 is 11.8 Å². The fourth-order valence-corrected chi connectivity index (χ4v) is 2.38. The summed E-state index contributed by atoms with van der Waals surface area (Å²) in [5, 5.41) is 18.1. The summed E-state index contributed by atoms with van der Waals surface area (Å²) in [6, 6.07) is 7.70. The predicted octanol–water partition coefficient (Wildman–Crippen LogP) is 2.97. The van der Waals surface area contributed by atoms with Crippen molar-refractivity contribution in [2.24, 2.45) is 0 Å². The number of aliphatic hydroxyl groups is 1. The van der Waals surface area contributed by atoms with Crippen LogP contribution in [0.15, 0.2) is 38.8 Å². The smallest absolute Gasteiger partial charge is 0.281 e. The van der Waals surface area contributed by atoms with Gasteiger partial charge in [-0.15, -0.1) is 10.2 Å². The Bertz CT molecular complexity index is 499. The highest BCUT2D eigenvalue weighted by Crippen LogP contribution is 2.33. The molecular weight excluding hydrogens is 236 g/mol. The van der Waals surface area contributed by atoms with Gasteiger partial charge in [-0.05, 0) is 29.8 Å².